The Labute approximate surface area is 182 Å². The second-order valence-electron chi connectivity index (χ2n) is 7.27. The highest BCUT2D eigenvalue weighted by molar-refractivity contribution is 6.04. The fourth-order valence-electron chi connectivity index (χ4n) is 2.93. The number of nitrogens with zero attached hydrogens (tertiary/aromatic N) is 1. The molecule has 0 saturated heterocycles. The van der Waals surface area contributed by atoms with Gasteiger partial charge in [-0.15, -0.1) is 0 Å². The lowest BCUT2D eigenvalue weighted by molar-refractivity contribution is 0.0671. The molecule has 0 aliphatic carbocycles. The van der Waals surface area contributed by atoms with Gasteiger partial charge in [0.1, 0.15) is 28.8 Å². The van der Waals surface area contributed by atoms with Crippen molar-refractivity contribution in [3.8, 4) is 0 Å². The van der Waals surface area contributed by atoms with E-state index in [0.29, 0.717) is 18.6 Å². The molecule has 2 rings (SSSR count). The summed E-state index contributed by atoms with van der Waals surface area (Å²) >= 11 is 0. The Balaban J connectivity index is 2.41. The summed E-state index contributed by atoms with van der Waals surface area (Å²) in [7, 11) is 3.11. The average molecular weight is 456 g/mol. The summed E-state index contributed by atoms with van der Waals surface area (Å²) in [6.07, 6.45) is 2.85. The summed E-state index contributed by atoms with van der Waals surface area (Å²) in [6.45, 7) is 2.43. The number of hydrogen-bond donors (Lipinski definition) is 1. The molecule has 32 heavy (non-hydrogen) atoms. The van der Waals surface area contributed by atoms with Crippen LogP contribution in [0.2, 0.25) is 0 Å². The molecule has 0 atom stereocenters. The first-order valence-electron chi connectivity index (χ1n) is 9.58. The lowest BCUT2D eigenvalue weighted by atomic mass is 10.0. The molecule has 9 heteroatoms. The molecule has 172 valence electrons. The van der Waals surface area contributed by atoms with Crippen LogP contribution in [0, 0.1) is 23.3 Å². The Kier molecular flexibility index (Phi) is 7.77. The van der Waals surface area contributed by atoms with Crippen molar-refractivity contribution in [1.82, 2.24) is 4.90 Å². The number of nitrogens with one attached hydrogen (secondary N) is 1. The summed E-state index contributed by atoms with van der Waals surface area (Å²) in [6, 6.07) is 4.07. The SMILES string of the molecule is CC/C=C(/C=C(/c1ccc(NC(=O)c2c(F)cc(F)cc2F)cc1F)N(C)C)C(C)(F)F. The average Bonchev–Trinajstić information content (AvgIpc) is 2.63. The van der Waals surface area contributed by atoms with Crippen molar-refractivity contribution >= 4 is 17.3 Å². The van der Waals surface area contributed by atoms with Gasteiger partial charge in [0.05, 0.1) is 0 Å². The molecule has 3 nitrogen and oxygen atoms in total. The number of allylic oxidation sites excluding steroid dienone is 3. The van der Waals surface area contributed by atoms with E-state index in [0.717, 1.165) is 13.0 Å². The number of anilines is 1. The van der Waals surface area contributed by atoms with E-state index in [4.69, 9.17) is 0 Å². The summed E-state index contributed by atoms with van der Waals surface area (Å²) in [5, 5.41) is 2.14. The molecule has 0 bridgehead atoms. The number of halogens is 6. The van der Waals surface area contributed by atoms with E-state index in [-0.39, 0.29) is 22.5 Å². The molecule has 0 radical (unpaired) electrons. The highest BCUT2D eigenvalue weighted by Gasteiger charge is 2.27. The van der Waals surface area contributed by atoms with Gasteiger partial charge in [-0.05, 0) is 30.7 Å². The summed E-state index contributed by atoms with van der Waals surface area (Å²) in [5.74, 6) is -9.27. The molecule has 0 spiro atoms. The van der Waals surface area contributed by atoms with Gasteiger partial charge in [-0.25, -0.2) is 26.3 Å². The predicted molar refractivity (Wildman–Crippen MR) is 111 cm³/mol. The van der Waals surface area contributed by atoms with Gasteiger partial charge in [-0.2, -0.15) is 0 Å². The largest absolute Gasteiger partial charge is 0.377 e. The third-order valence-corrected chi connectivity index (χ3v) is 4.44. The van der Waals surface area contributed by atoms with E-state index in [1.165, 1.54) is 29.2 Å². The lowest BCUT2D eigenvalue weighted by Crippen LogP contribution is -2.18. The van der Waals surface area contributed by atoms with Crippen molar-refractivity contribution in [2.75, 3.05) is 19.4 Å². The standard InChI is InChI=1S/C23H22F6N2O/c1-5-6-13(23(2,28)29)9-20(31(3)4)16-8-7-15(12-17(16)25)30-22(32)21-18(26)10-14(24)11-19(21)27/h6-12H,5H2,1-4H3,(H,30,32)/b13-6-,20-9-. The zero-order valence-electron chi connectivity index (χ0n) is 17.9. The maximum Gasteiger partial charge on any atom is 0.270 e. The van der Waals surface area contributed by atoms with Crippen LogP contribution in [0.4, 0.5) is 32.0 Å². The second-order valence-corrected chi connectivity index (χ2v) is 7.27. The minimum Gasteiger partial charge on any atom is -0.377 e. The van der Waals surface area contributed by atoms with E-state index >= 15 is 0 Å². The Hall–Kier alpha value is -3.23. The van der Waals surface area contributed by atoms with Gasteiger partial charge in [0.25, 0.3) is 11.8 Å². The van der Waals surface area contributed by atoms with Crippen molar-refractivity contribution in [2.24, 2.45) is 0 Å². The Bertz CT molecular complexity index is 1050. The molecule has 0 saturated carbocycles. The molecule has 0 fully saturated rings. The van der Waals surface area contributed by atoms with Crippen LogP contribution in [0.15, 0.2) is 48.1 Å². The Morgan fingerprint density at radius 1 is 1.03 bits per heavy atom. The van der Waals surface area contributed by atoms with Crippen LogP contribution in [-0.4, -0.2) is 30.8 Å². The van der Waals surface area contributed by atoms with Crippen LogP contribution >= 0.6 is 0 Å². The first-order valence-corrected chi connectivity index (χ1v) is 9.58. The number of benzene rings is 2. The monoisotopic (exact) mass is 456 g/mol. The molecule has 0 heterocycles. The van der Waals surface area contributed by atoms with Crippen LogP contribution in [0.3, 0.4) is 0 Å². The lowest BCUT2D eigenvalue weighted by Gasteiger charge is -2.21. The molecule has 0 aromatic heterocycles. The fourth-order valence-corrected chi connectivity index (χ4v) is 2.93. The van der Waals surface area contributed by atoms with Crippen LogP contribution in [0.5, 0.6) is 0 Å². The number of carbonyl (C=O) groups excluding carboxylic acids is 1. The van der Waals surface area contributed by atoms with Crippen molar-refractivity contribution in [1.29, 1.82) is 0 Å². The van der Waals surface area contributed by atoms with Crippen LogP contribution < -0.4 is 5.32 Å². The van der Waals surface area contributed by atoms with Gasteiger partial charge in [0.2, 0.25) is 0 Å². The predicted octanol–water partition coefficient (Wildman–Crippen LogP) is 6.39. The van der Waals surface area contributed by atoms with Gasteiger partial charge < -0.3 is 10.2 Å². The first-order chi connectivity index (χ1) is 14.8. The van der Waals surface area contributed by atoms with Crippen molar-refractivity contribution in [3.05, 3.63) is 82.5 Å². The smallest absolute Gasteiger partial charge is 0.270 e. The third-order valence-electron chi connectivity index (χ3n) is 4.44. The zero-order valence-corrected chi connectivity index (χ0v) is 17.9. The van der Waals surface area contributed by atoms with Crippen LogP contribution in [0.25, 0.3) is 5.70 Å². The number of hydrogen-bond acceptors (Lipinski definition) is 2. The summed E-state index contributed by atoms with van der Waals surface area (Å²) in [5.41, 5.74) is -1.33. The molecular formula is C23H22F6N2O. The topological polar surface area (TPSA) is 32.3 Å². The molecule has 1 amide bonds. The Morgan fingerprint density at radius 2 is 1.62 bits per heavy atom. The van der Waals surface area contributed by atoms with Crippen molar-refractivity contribution < 1.29 is 31.1 Å². The van der Waals surface area contributed by atoms with E-state index in [1.807, 2.05) is 0 Å². The third kappa shape index (κ3) is 5.93. The molecule has 0 aliphatic rings. The van der Waals surface area contributed by atoms with Gasteiger partial charge in [0, 0.05) is 55.7 Å². The van der Waals surface area contributed by atoms with Gasteiger partial charge in [-0.1, -0.05) is 13.0 Å². The number of amides is 1. The minimum atomic E-state index is -3.15. The molecule has 0 aliphatic heterocycles. The van der Waals surface area contributed by atoms with Crippen molar-refractivity contribution in [3.63, 3.8) is 0 Å². The van der Waals surface area contributed by atoms with E-state index in [2.05, 4.69) is 5.32 Å². The van der Waals surface area contributed by atoms with Crippen LogP contribution in [-0.2, 0) is 0 Å². The highest BCUT2D eigenvalue weighted by atomic mass is 19.3. The highest BCUT2D eigenvalue weighted by Crippen LogP contribution is 2.31. The van der Waals surface area contributed by atoms with Crippen LogP contribution in [0.1, 0.15) is 36.2 Å². The fraction of sp³-hybridized carbons (Fsp3) is 0.261. The first kappa shape index (κ1) is 25.0. The van der Waals surface area contributed by atoms with Gasteiger partial charge >= 0.3 is 0 Å². The number of carbonyl (C=O) groups is 1. The summed E-state index contributed by atoms with van der Waals surface area (Å²) in [4.78, 5) is 13.6. The molecular weight excluding hydrogens is 434 g/mol. The molecule has 2 aromatic rings. The zero-order chi connectivity index (χ0) is 24.2. The van der Waals surface area contributed by atoms with E-state index in [9.17, 15) is 31.1 Å². The minimum absolute atomic E-state index is 0.0293. The van der Waals surface area contributed by atoms with Crippen molar-refractivity contribution in [2.45, 2.75) is 26.2 Å². The van der Waals surface area contributed by atoms with E-state index in [1.54, 1.807) is 21.0 Å². The molecule has 2 aromatic carbocycles. The summed E-state index contributed by atoms with van der Waals surface area (Å²) < 4.78 is 83.3. The van der Waals surface area contributed by atoms with Gasteiger partial charge in [-0.3, -0.25) is 4.79 Å². The maximum absolute atomic E-state index is 14.8. The normalized spacial score (nSPS) is 12.7. The number of alkyl halides is 2. The number of rotatable bonds is 7. The molecule has 1 N–H and O–H groups in total. The Morgan fingerprint density at radius 3 is 2.09 bits per heavy atom. The van der Waals surface area contributed by atoms with E-state index < -0.39 is 40.7 Å². The second kappa shape index (κ2) is 9.93. The van der Waals surface area contributed by atoms with Gasteiger partial charge in [0.15, 0.2) is 0 Å². The molecule has 0 unspecified atom stereocenters. The quantitative estimate of drug-likeness (QED) is 0.387. The maximum atomic E-state index is 14.8.